The molecule has 0 aliphatic heterocycles. The topological polar surface area (TPSA) is 83.0 Å². The molecule has 2 aromatic heterocycles. The number of rotatable bonds is 8. The van der Waals surface area contributed by atoms with Crippen LogP contribution >= 0.6 is 0 Å². The SMILES string of the molecule is C=C(NCCc1ccccn1)c1ccccc1-c1cc(-c2ccc(N=O)cc2)n[nH]1. The van der Waals surface area contributed by atoms with Crippen molar-refractivity contribution in [3.8, 4) is 22.5 Å². The molecule has 2 heterocycles. The van der Waals surface area contributed by atoms with E-state index in [-0.39, 0.29) is 0 Å². The molecule has 0 aliphatic rings. The van der Waals surface area contributed by atoms with Gasteiger partial charge in [0.2, 0.25) is 0 Å². The second-order valence-electron chi connectivity index (χ2n) is 6.83. The van der Waals surface area contributed by atoms with E-state index in [1.54, 1.807) is 18.3 Å². The zero-order valence-corrected chi connectivity index (χ0v) is 16.4. The summed E-state index contributed by atoms with van der Waals surface area (Å²) in [6.07, 6.45) is 2.63. The predicted molar refractivity (Wildman–Crippen MR) is 120 cm³/mol. The Bertz CT molecular complexity index is 1150. The van der Waals surface area contributed by atoms with Crippen molar-refractivity contribution in [2.45, 2.75) is 6.42 Å². The first kappa shape index (κ1) is 19.3. The summed E-state index contributed by atoms with van der Waals surface area (Å²) in [7, 11) is 0. The molecule has 0 atom stereocenters. The molecule has 2 N–H and O–H groups in total. The van der Waals surface area contributed by atoms with Gasteiger partial charge in [0.1, 0.15) is 5.69 Å². The second kappa shape index (κ2) is 8.96. The molecular weight excluding hydrogens is 374 g/mol. The highest BCUT2D eigenvalue weighted by atomic mass is 16.3. The largest absolute Gasteiger partial charge is 0.385 e. The highest BCUT2D eigenvalue weighted by Gasteiger charge is 2.11. The Hall–Kier alpha value is -4.06. The number of nitrogens with one attached hydrogen (secondary N) is 2. The van der Waals surface area contributed by atoms with E-state index in [0.717, 1.165) is 52.4 Å². The van der Waals surface area contributed by atoms with Gasteiger partial charge in [-0.25, -0.2) is 0 Å². The maximum absolute atomic E-state index is 10.6. The molecule has 4 aromatic rings. The molecule has 0 fully saturated rings. The first-order valence-electron chi connectivity index (χ1n) is 9.66. The standard InChI is InChI=1S/C24H21N5O/c1-17(25-15-13-19-6-4-5-14-26-19)21-7-2-3-8-22(21)24-16-23(27-28-24)18-9-11-20(29-30)12-10-18/h2-12,14,16,25H,1,13,15H2,(H,27,28). The van der Waals surface area contributed by atoms with Crippen molar-refractivity contribution in [1.29, 1.82) is 0 Å². The van der Waals surface area contributed by atoms with Crippen LogP contribution in [0.5, 0.6) is 0 Å². The minimum atomic E-state index is 0.396. The fourth-order valence-corrected chi connectivity index (χ4v) is 3.26. The predicted octanol–water partition coefficient (Wildman–Crippen LogP) is 5.34. The lowest BCUT2D eigenvalue weighted by Crippen LogP contribution is -2.16. The van der Waals surface area contributed by atoms with Crippen molar-refractivity contribution >= 4 is 11.4 Å². The average molecular weight is 395 g/mol. The smallest absolute Gasteiger partial charge is 0.108 e. The van der Waals surface area contributed by atoms with Gasteiger partial charge in [-0.3, -0.25) is 10.1 Å². The van der Waals surface area contributed by atoms with Gasteiger partial charge in [-0.2, -0.15) is 5.10 Å². The Labute approximate surface area is 174 Å². The van der Waals surface area contributed by atoms with E-state index in [2.05, 4.69) is 32.3 Å². The molecule has 30 heavy (non-hydrogen) atoms. The highest BCUT2D eigenvalue weighted by molar-refractivity contribution is 5.80. The summed E-state index contributed by atoms with van der Waals surface area (Å²) >= 11 is 0. The highest BCUT2D eigenvalue weighted by Crippen LogP contribution is 2.29. The van der Waals surface area contributed by atoms with Crippen LogP contribution in [0.2, 0.25) is 0 Å². The molecule has 0 saturated carbocycles. The third-order valence-corrected chi connectivity index (χ3v) is 4.83. The minimum absolute atomic E-state index is 0.396. The summed E-state index contributed by atoms with van der Waals surface area (Å²) in [6, 6.07) is 23.0. The summed E-state index contributed by atoms with van der Waals surface area (Å²) in [5.41, 5.74) is 6.91. The Balaban J connectivity index is 1.50. The number of H-pyrrole nitrogens is 1. The van der Waals surface area contributed by atoms with Crippen LogP contribution in [0.4, 0.5) is 5.69 Å². The van der Waals surface area contributed by atoms with Crippen LogP contribution in [0.3, 0.4) is 0 Å². The number of benzene rings is 2. The summed E-state index contributed by atoms with van der Waals surface area (Å²) in [4.78, 5) is 15.0. The monoisotopic (exact) mass is 395 g/mol. The van der Waals surface area contributed by atoms with Gasteiger partial charge in [0, 0.05) is 47.2 Å². The first-order valence-corrected chi connectivity index (χ1v) is 9.66. The fraction of sp³-hybridized carbons (Fsp3) is 0.0833. The van der Waals surface area contributed by atoms with E-state index in [0.29, 0.717) is 5.69 Å². The van der Waals surface area contributed by atoms with Crippen molar-refractivity contribution in [3.63, 3.8) is 0 Å². The molecule has 6 nitrogen and oxygen atoms in total. The third kappa shape index (κ3) is 4.33. The summed E-state index contributed by atoms with van der Waals surface area (Å²) in [5, 5.41) is 13.9. The molecule has 0 aliphatic carbocycles. The molecule has 0 saturated heterocycles. The van der Waals surface area contributed by atoms with Gasteiger partial charge in [-0.05, 0) is 35.5 Å². The molecule has 4 rings (SSSR count). The van der Waals surface area contributed by atoms with E-state index in [1.807, 2.05) is 60.7 Å². The lowest BCUT2D eigenvalue weighted by molar-refractivity contribution is 0.827. The van der Waals surface area contributed by atoms with Crippen LogP contribution in [0.25, 0.3) is 28.2 Å². The number of aromatic nitrogens is 3. The van der Waals surface area contributed by atoms with E-state index in [4.69, 9.17) is 0 Å². The Morgan fingerprint density at radius 1 is 1.03 bits per heavy atom. The molecule has 2 aromatic carbocycles. The van der Waals surface area contributed by atoms with Gasteiger partial charge in [-0.1, -0.05) is 49.0 Å². The maximum Gasteiger partial charge on any atom is 0.108 e. The van der Waals surface area contributed by atoms with Crippen LogP contribution < -0.4 is 5.32 Å². The summed E-state index contributed by atoms with van der Waals surface area (Å²) in [6.45, 7) is 4.97. The molecule has 0 spiro atoms. The minimum Gasteiger partial charge on any atom is -0.385 e. The van der Waals surface area contributed by atoms with Gasteiger partial charge in [0.15, 0.2) is 0 Å². The summed E-state index contributed by atoms with van der Waals surface area (Å²) in [5.74, 6) is 0. The van der Waals surface area contributed by atoms with Crippen LogP contribution in [-0.2, 0) is 6.42 Å². The quantitative estimate of drug-likeness (QED) is 0.395. The van der Waals surface area contributed by atoms with Gasteiger partial charge >= 0.3 is 0 Å². The number of nitrogens with zero attached hydrogens (tertiary/aromatic N) is 3. The van der Waals surface area contributed by atoms with E-state index >= 15 is 0 Å². The number of nitroso groups, excluding NO2 is 1. The first-order chi connectivity index (χ1) is 14.7. The number of aromatic amines is 1. The lowest BCUT2D eigenvalue weighted by atomic mass is 10.0. The number of pyridine rings is 1. The molecule has 0 radical (unpaired) electrons. The number of hydrogen-bond donors (Lipinski definition) is 2. The Kier molecular flexibility index (Phi) is 5.75. The van der Waals surface area contributed by atoms with Crippen molar-refractivity contribution in [1.82, 2.24) is 20.5 Å². The zero-order valence-electron chi connectivity index (χ0n) is 16.4. The Morgan fingerprint density at radius 3 is 2.60 bits per heavy atom. The van der Waals surface area contributed by atoms with Crippen LogP contribution in [0.15, 0.2) is 90.7 Å². The van der Waals surface area contributed by atoms with Gasteiger partial charge in [-0.15, -0.1) is 4.91 Å². The molecule has 6 heteroatoms. The van der Waals surface area contributed by atoms with Gasteiger partial charge in [0.25, 0.3) is 0 Å². The Morgan fingerprint density at radius 2 is 1.83 bits per heavy atom. The van der Waals surface area contributed by atoms with E-state index in [1.165, 1.54) is 0 Å². The van der Waals surface area contributed by atoms with Crippen LogP contribution in [0.1, 0.15) is 11.3 Å². The van der Waals surface area contributed by atoms with E-state index < -0.39 is 0 Å². The number of hydrogen-bond acceptors (Lipinski definition) is 5. The summed E-state index contributed by atoms with van der Waals surface area (Å²) < 4.78 is 0. The molecule has 0 bridgehead atoms. The van der Waals surface area contributed by atoms with Crippen molar-refractivity contribution in [3.05, 3.63) is 102 Å². The average Bonchev–Trinajstić information content (AvgIpc) is 3.30. The zero-order chi connectivity index (χ0) is 20.8. The van der Waals surface area contributed by atoms with Crippen molar-refractivity contribution < 1.29 is 0 Å². The van der Waals surface area contributed by atoms with Gasteiger partial charge in [0.05, 0.1) is 11.4 Å². The van der Waals surface area contributed by atoms with Gasteiger partial charge < -0.3 is 5.32 Å². The molecule has 0 unspecified atom stereocenters. The fourth-order valence-electron chi connectivity index (χ4n) is 3.26. The maximum atomic E-state index is 10.6. The lowest BCUT2D eigenvalue weighted by Gasteiger charge is -2.13. The second-order valence-corrected chi connectivity index (χ2v) is 6.83. The molecule has 0 amide bonds. The van der Waals surface area contributed by atoms with Crippen LogP contribution in [0, 0.1) is 4.91 Å². The molecular formula is C24H21N5O. The van der Waals surface area contributed by atoms with Crippen molar-refractivity contribution in [2.75, 3.05) is 6.54 Å². The normalized spacial score (nSPS) is 10.5. The molecule has 148 valence electrons. The van der Waals surface area contributed by atoms with Crippen LogP contribution in [-0.4, -0.2) is 21.7 Å². The van der Waals surface area contributed by atoms with E-state index in [9.17, 15) is 4.91 Å². The third-order valence-electron chi connectivity index (χ3n) is 4.83. The van der Waals surface area contributed by atoms with Crippen molar-refractivity contribution in [2.24, 2.45) is 5.18 Å².